The van der Waals surface area contributed by atoms with Crippen LogP contribution in [0, 0.1) is 0 Å². The van der Waals surface area contributed by atoms with Crippen molar-refractivity contribution in [3.8, 4) is 0 Å². The largest absolute Gasteiger partial charge is 0.344 e. The maximum absolute atomic E-state index is 12.6. The van der Waals surface area contributed by atoms with E-state index in [1.54, 1.807) is 0 Å². The van der Waals surface area contributed by atoms with Crippen molar-refractivity contribution in [3.63, 3.8) is 0 Å². The Morgan fingerprint density at radius 1 is 0.880 bits per heavy atom. The molecular weight excluding hydrogens is 316 g/mol. The highest BCUT2D eigenvalue weighted by Gasteiger charge is 2.22. The fraction of sp³-hybridized carbons (Fsp3) is 0.250. The SMILES string of the molecule is CC(=O)NC(Cc1ccccc1)C(=O)NC(C=O)Cc1ccccc1. The van der Waals surface area contributed by atoms with Crippen LogP contribution in [0.5, 0.6) is 0 Å². The molecule has 2 rings (SSSR count). The van der Waals surface area contributed by atoms with Crippen molar-refractivity contribution in [2.45, 2.75) is 31.8 Å². The molecular formula is C20H22N2O3. The van der Waals surface area contributed by atoms with Crippen molar-refractivity contribution in [1.29, 1.82) is 0 Å². The Kier molecular flexibility index (Phi) is 6.89. The van der Waals surface area contributed by atoms with Gasteiger partial charge in [0, 0.05) is 13.3 Å². The molecule has 0 saturated heterocycles. The molecule has 0 aliphatic heterocycles. The van der Waals surface area contributed by atoms with Gasteiger partial charge in [-0.2, -0.15) is 0 Å². The Morgan fingerprint density at radius 3 is 1.88 bits per heavy atom. The van der Waals surface area contributed by atoms with Gasteiger partial charge in [-0.1, -0.05) is 60.7 Å². The van der Waals surface area contributed by atoms with Gasteiger partial charge in [0.05, 0.1) is 6.04 Å². The van der Waals surface area contributed by atoms with Gasteiger partial charge in [0.15, 0.2) is 0 Å². The number of amides is 2. The number of carbonyl (C=O) groups is 3. The second kappa shape index (κ2) is 9.37. The number of carbonyl (C=O) groups excluding carboxylic acids is 3. The monoisotopic (exact) mass is 338 g/mol. The van der Waals surface area contributed by atoms with E-state index in [1.165, 1.54) is 6.92 Å². The van der Waals surface area contributed by atoms with Gasteiger partial charge in [-0.3, -0.25) is 9.59 Å². The average molecular weight is 338 g/mol. The van der Waals surface area contributed by atoms with Crippen LogP contribution in [0.25, 0.3) is 0 Å². The van der Waals surface area contributed by atoms with Crippen LogP contribution in [0.3, 0.4) is 0 Å². The quantitative estimate of drug-likeness (QED) is 0.719. The summed E-state index contributed by atoms with van der Waals surface area (Å²) in [5.41, 5.74) is 1.89. The zero-order chi connectivity index (χ0) is 18.1. The first-order valence-corrected chi connectivity index (χ1v) is 8.19. The number of rotatable bonds is 8. The van der Waals surface area contributed by atoms with E-state index < -0.39 is 12.1 Å². The van der Waals surface area contributed by atoms with Crippen LogP contribution in [-0.2, 0) is 27.2 Å². The number of aldehydes is 1. The molecule has 130 valence electrons. The van der Waals surface area contributed by atoms with E-state index in [0.29, 0.717) is 12.8 Å². The van der Waals surface area contributed by atoms with Crippen LogP contribution in [0.2, 0.25) is 0 Å². The summed E-state index contributed by atoms with van der Waals surface area (Å²) in [5, 5.41) is 5.37. The second-order valence-corrected chi connectivity index (χ2v) is 5.88. The molecule has 2 N–H and O–H groups in total. The number of nitrogens with one attached hydrogen (secondary N) is 2. The molecule has 2 aromatic carbocycles. The fourth-order valence-electron chi connectivity index (χ4n) is 2.59. The highest BCUT2D eigenvalue weighted by molar-refractivity contribution is 5.88. The zero-order valence-corrected chi connectivity index (χ0v) is 14.1. The average Bonchev–Trinajstić information content (AvgIpc) is 2.62. The minimum absolute atomic E-state index is 0.290. The van der Waals surface area contributed by atoms with Crippen molar-refractivity contribution in [2.75, 3.05) is 0 Å². The lowest BCUT2D eigenvalue weighted by molar-refractivity contribution is -0.129. The van der Waals surface area contributed by atoms with Gasteiger partial charge in [0.25, 0.3) is 0 Å². The predicted octanol–water partition coefficient (Wildman–Crippen LogP) is 1.66. The van der Waals surface area contributed by atoms with Crippen LogP contribution in [0.4, 0.5) is 0 Å². The summed E-state index contributed by atoms with van der Waals surface area (Å²) in [4.78, 5) is 35.3. The van der Waals surface area contributed by atoms with Crippen LogP contribution < -0.4 is 10.6 Å². The lowest BCUT2D eigenvalue weighted by Crippen LogP contribution is -2.51. The molecule has 0 spiro atoms. The maximum Gasteiger partial charge on any atom is 0.243 e. The van der Waals surface area contributed by atoms with E-state index in [0.717, 1.165) is 17.4 Å². The summed E-state index contributed by atoms with van der Waals surface area (Å²) in [5.74, 6) is -0.658. The molecule has 0 fully saturated rings. The lowest BCUT2D eigenvalue weighted by atomic mass is 10.0. The third kappa shape index (κ3) is 6.22. The van der Waals surface area contributed by atoms with Gasteiger partial charge >= 0.3 is 0 Å². The van der Waals surface area contributed by atoms with E-state index in [1.807, 2.05) is 60.7 Å². The van der Waals surface area contributed by atoms with Crippen LogP contribution in [0.15, 0.2) is 60.7 Å². The first kappa shape index (κ1) is 18.4. The number of hydrogen-bond donors (Lipinski definition) is 2. The zero-order valence-electron chi connectivity index (χ0n) is 14.1. The summed E-state index contributed by atoms with van der Waals surface area (Å²) in [6.45, 7) is 1.37. The van der Waals surface area contributed by atoms with Gasteiger partial charge in [-0.05, 0) is 17.5 Å². The van der Waals surface area contributed by atoms with Gasteiger partial charge in [0.1, 0.15) is 12.3 Å². The molecule has 5 nitrogen and oxygen atoms in total. The topological polar surface area (TPSA) is 75.3 Å². The Balaban J connectivity index is 2.04. The highest BCUT2D eigenvalue weighted by Crippen LogP contribution is 2.06. The van der Waals surface area contributed by atoms with Crippen molar-refractivity contribution < 1.29 is 14.4 Å². The third-order valence-corrected chi connectivity index (χ3v) is 3.77. The highest BCUT2D eigenvalue weighted by atomic mass is 16.2. The predicted molar refractivity (Wildman–Crippen MR) is 95.9 cm³/mol. The van der Waals surface area contributed by atoms with E-state index in [-0.39, 0.29) is 11.8 Å². The molecule has 5 heteroatoms. The second-order valence-electron chi connectivity index (χ2n) is 5.88. The Hall–Kier alpha value is -2.95. The summed E-state index contributed by atoms with van der Waals surface area (Å²) >= 11 is 0. The molecule has 0 radical (unpaired) electrons. The molecule has 0 bridgehead atoms. The van der Waals surface area contributed by atoms with Gasteiger partial charge in [-0.25, -0.2) is 0 Å². The Labute approximate surface area is 147 Å². The molecule has 0 aliphatic rings. The summed E-state index contributed by atoms with van der Waals surface area (Å²) in [6.07, 6.45) is 1.50. The minimum Gasteiger partial charge on any atom is -0.344 e. The van der Waals surface area contributed by atoms with E-state index in [4.69, 9.17) is 0 Å². The maximum atomic E-state index is 12.6. The summed E-state index contributed by atoms with van der Waals surface area (Å²) < 4.78 is 0. The number of benzene rings is 2. The fourth-order valence-corrected chi connectivity index (χ4v) is 2.59. The lowest BCUT2D eigenvalue weighted by Gasteiger charge is -2.20. The van der Waals surface area contributed by atoms with Crippen molar-refractivity contribution in [2.24, 2.45) is 0 Å². The normalized spacial score (nSPS) is 12.7. The Morgan fingerprint density at radius 2 is 1.40 bits per heavy atom. The molecule has 2 aromatic rings. The molecule has 2 amide bonds. The smallest absolute Gasteiger partial charge is 0.243 e. The van der Waals surface area contributed by atoms with Gasteiger partial charge in [0.2, 0.25) is 11.8 Å². The van der Waals surface area contributed by atoms with E-state index in [2.05, 4.69) is 10.6 Å². The van der Waals surface area contributed by atoms with Crippen molar-refractivity contribution in [3.05, 3.63) is 71.8 Å². The first-order chi connectivity index (χ1) is 12.1. The molecule has 0 heterocycles. The van der Waals surface area contributed by atoms with Crippen LogP contribution >= 0.6 is 0 Å². The Bertz CT molecular complexity index is 701. The van der Waals surface area contributed by atoms with Gasteiger partial charge < -0.3 is 15.4 Å². The first-order valence-electron chi connectivity index (χ1n) is 8.19. The van der Waals surface area contributed by atoms with Crippen molar-refractivity contribution >= 4 is 18.1 Å². The number of hydrogen-bond acceptors (Lipinski definition) is 3. The van der Waals surface area contributed by atoms with Crippen LogP contribution in [-0.4, -0.2) is 30.2 Å². The van der Waals surface area contributed by atoms with Gasteiger partial charge in [-0.15, -0.1) is 0 Å². The van der Waals surface area contributed by atoms with E-state index >= 15 is 0 Å². The van der Waals surface area contributed by atoms with Crippen LogP contribution in [0.1, 0.15) is 18.1 Å². The van der Waals surface area contributed by atoms with E-state index in [9.17, 15) is 14.4 Å². The summed E-state index contributed by atoms with van der Waals surface area (Å²) in [7, 11) is 0. The molecule has 2 unspecified atom stereocenters. The molecule has 0 aliphatic carbocycles. The molecule has 0 aromatic heterocycles. The summed E-state index contributed by atoms with van der Waals surface area (Å²) in [6, 6.07) is 17.5. The molecule has 0 saturated carbocycles. The molecule has 25 heavy (non-hydrogen) atoms. The van der Waals surface area contributed by atoms with Crippen molar-refractivity contribution in [1.82, 2.24) is 10.6 Å². The standard InChI is InChI=1S/C20H22N2O3/c1-15(24)21-19(13-17-10-6-3-7-11-17)20(25)22-18(14-23)12-16-8-4-2-5-9-16/h2-11,14,18-19H,12-13H2,1H3,(H,21,24)(H,22,25). The minimum atomic E-state index is -0.724. The third-order valence-electron chi connectivity index (χ3n) is 3.77. The molecule has 2 atom stereocenters.